The number of thiophene rings is 1. The average molecular weight is 341 g/mol. The van der Waals surface area contributed by atoms with Crippen molar-refractivity contribution in [2.24, 2.45) is 23.5 Å². The molecule has 2 bridgehead atoms. The SMILES string of the molecule is CCN(Cc1ccc(Cl)s1)C(=O)C1CC2CCCC(C1)C2N. The van der Waals surface area contributed by atoms with Crippen LogP contribution in [0, 0.1) is 17.8 Å². The van der Waals surface area contributed by atoms with Crippen LogP contribution >= 0.6 is 22.9 Å². The molecule has 1 aromatic heterocycles. The van der Waals surface area contributed by atoms with Crippen molar-refractivity contribution in [2.75, 3.05) is 6.54 Å². The summed E-state index contributed by atoms with van der Waals surface area (Å²) in [7, 11) is 0. The van der Waals surface area contributed by atoms with Crippen molar-refractivity contribution in [3.05, 3.63) is 21.3 Å². The summed E-state index contributed by atoms with van der Waals surface area (Å²) < 4.78 is 0.789. The zero-order chi connectivity index (χ0) is 15.7. The molecule has 3 rings (SSSR count). The van der Waals surface area contributed by atoms with Gasteiger partial charge in [0.25, 0.3) is 0 Å². The molecule has 2 unspecified atom stereocenters. The molecule has 2 saturated carbocycles. The van der Waals surface area contributed by atoms with Gasteiger partial charge in [-0.25, -0.2) is 0 Å². The van der Waals surface area contributed by atoms with Crippen molar-refractivity contribution in [2.45, 2.75) is 51.6 Å². The Bertz CT molecular complexity index is 518. The van der Waals surface area contributed by atoms with Crippen molar-refractivity contribution in [3.63, 3.8) is 0 Å². The molecule has 2 aliphatic rings. The standard InChI is InChI=1S/C17H25ClN2OS/c1-2-20(10-14-6-7-15(18)22-14)17(21)13-8-11-4-3-5-12(9-13)16(11)19/h6-7,11-13,16H,2-5,8-10,19H2,1H3. The van der Waals surface area contributed by atoms with Crippen LogP contribution in [0.1, 0.15) is 43.9 Å². The van der Waals surface area contributed by atoms with Gasteiger partial charge in [0.05, 0.1) is 10.9 Å². The minimum absolute atomic E-state index is 0.172. The number of carbonyl (C=O) groups excluding carboxylic acids is 1. The summed E-state index contributed by atoms with van der Waals surface area (Å²) in [4.78, 5) is 16.1. The summed E-state index contributed by atoms with van der Waals surface area (Å²) in [6.07, 6.45) is 5.66. The van der Waals surface area contributed by atoms with Gasteiger partial charge in [-0.1, -0.05) is 18.0 Å². The van der Waals surface area contributed by atoms with E-state index in [-0.39, 0.29) is 5.92 Å². The van der Waals surface area contributed by atoms with Crippen LogP contribution in [-0.2, 0) is 11.3 Å². The summed E-state index contributed by atoms with van der Waals surface area (Å²) in [5, 5.41) is 0. The van der Waals surface area contributed by atoms with Crippen molar-refractivity contribution >= 4 is 28.8 Å². The van der Waals surface area contributed by atoms with Gasteiger partial charge in [0.1, 0.15) is 0 Å². The van der Waals surface area contributed by atoms with Gasteiger partial charge in [-0.05, 0) is 56.6 Å². The van der Waals surface area contributed by atoms with Crippen LogP contribution in [0.3, 0.4) is 0 Å². The van der Waals surface area contributed by atoms with E-state index in [2.05, 4.69) is 6.92 Å². The minimum atomic E-state index is 0.172. The van der Waals surface area contributed by atoms with Gasteiger partial charge in [-0.15, -0.1) is 11.3 Å². The molecule has 2 fully saturated rings. The molecule has 0 spiro atoms. The zero-order valence-corrected chi connectivity index (χ0v) is 14.7. The minimum Gasteiger partial charge on any atom is -0.338 e. The van der Waals surface area contributed by atoms with Gasteiger partial charge in [-0.2, -0.15) is 0 Å². The van der Waals surface area contributed by atoms with Crippen molar-refractivity contribution in [3.8, 4) is 0 Å². The van der Waals surface area contributed by atoms with E-state index in [4.69, 9.17) is 17.3 Å². The molecular formula is C17H25ClN2OS. The molecule has 0 saturated heterocycles. The molecule has 22 heavy (non-hydrogen) atoms. The number of carbonyl (C=O) groups is 1. The van der Waals surface area contributed by atoms with E-state index in [1.165, 1.54) is 19.3 Å². The number of hydrogen-bond acceptors (Lipinski definition) is 3. The van der Waals surface area contributed by atoms with Gasteiger partial charge in [0.2, 0.25) is 5.91 Å². The third-order valence-corrected chi connectivity index (χ3v) is 6.65. The van der Waals surface area contributed by atoms with Gasteiger partial charge >= 0.3 is 0 Å². The van der Waals surface area contributed by atoms with Crippen LogP contribution in [-0.4, -0.2) is 23.4 Å². The van der Waals surface area contributed by atoms with Gasteiger partial charge in [0.15, 0.2) is 0 Å². The number of rotatable bonds is 4. The largest absolute Gasteiger partial charge is 0.338 e. The van der Waals surface area contributed by atoms with Crippen molar-refractivity contribution in [1.82, 2.24) is 4.90 Å². The lowest BCUT2D eigenvalue weighted by Gasteiger charge is -2.44. The molecule has 2 N–H and O–H groups in total. The quantitative estimate of drug-likeness (QED) is 0.903. The maximum absolute atomic E-state index is 12.9. The van der Waals surface area contributed by atoms with Crippen LogP contribution < -0.4 is 5.73 Å². The van der Waals surface area contributed by atoms with E-state index in [9.17, 15) is 4.79 Å². The van der Waals surface area contributed by atoms with E-state index < -0.39 is 0 Å². The highest BCUT2D eigenvalue weighted by Crippen LogP contribution is 2.42. The summed E-state index contributed by atoms with van der Waals surface area (Å²) >= 11 is 7.56. The maximum atomic E-state index is 12.9. The Kier molecular flexibility index (Phi) is 5.10. The molecule has 0 radical (unpaired) electrons. The third-order valence-electron chi connectivity index (χ3n) is 5.43. The van der Waals surface area contributed by atoms with E-state index >= 15 is 0 Å². The highest BCUT2D eigenvalue weighted by Gasteiger charge is 2.41. The number of nitrogens with two attached hydrogens (primary N) is 1. The Balaban J connectivity index is 1.66. The average Bonchev–Trinajstić information content (AvgIpc) is 2.89. The number of fused-ring (bicyclic) bond motifs is 2. The molecule has 0 aromatic carbocycles. The van der Waals surface area contributed by atoms with E-state index in [0.717, 1.165) is 28.6 Å². The number of nitrogens with zero attached hydrogens (tertiary/aromatic N) is 1. The summed E-state index contributed by atoms with van der Waals surface area (Å²) in [6, 6.07) is 4.25. The Morgan fingerprint density at radius 2 is 2.05 bits per heavy atom. The lowest BCUT2D eigenvalue weighted by molar-refractivity contribution is -0.139. The molecule has 3 nitrogen and oxygen atoms in total. The summed E-state index contributed by atoms with van der Waals surface area (Å²) in [5.74, 6) is 1.59. The number of amides is 1. The first-order valence-electron chi connectivity index (χ1n) is 8.37. The molecule has 1 heterocycles. The van der Waals surface area contributed by atoms with Gasteiger partial charge < -0.3 is 10.6 Å². The Hall–Kier alpha value is -0.580. The fourth-order valence-electron chi connectivity index (χ4n) is 4.22. The molecule has 1 amide bonds. The molecule has 0 aliphatic heterocycles. The Morgan fingerprint density at radius 3 is 2.59 bits per heavy atom. The lowest BCUT2D eigenvalue weighted by atomic mass is 9.65. The van der Waals surface area contributed by atoms with E-state index in [0.29, 0.717) is 30.3 Å². The molecule has 122 valence electrons. The number of hydrogen-bond donors (Lipinski definition) is 1. The molecule has 1 aromatic rings. The van der Waals surface area contributed by atoms with Crippen LogP contribution in [0.5, 0.6) is 0 Å². The maximum Gasteiger partial charge on any atom is 0.226 e. The molecule has 5 heteroatoms. The second kappa shape index (κ2) is 6.90. The first-order chi connectivity index (χ1) is 10.6. The predicted octanol–water partition coefficient (Wildman–Crippen LogP) is 3.90. The first kappa shape index (κ1) is 16.3. The van der Waals surface area contributed by atoms with Crippen molar-refractivity contribution < 1.29 is 4.79 Å². The van der Waals surface area contributed by atoms with Gasteiger partial charge in [-0.3, -0.25) is 4.79 Å². The zero-order valence-electron chi connectivity index (χ0n) is 13.1. The van der Waals surface area contributed by atoms with Crippen molar-refractivity contribution in [1.29, 1.82) is 0 Å². The normalized spacial score (nSPS) is 31.0. The fraction of sp³-hybridized carbons (Fsp3) is 0.706. The lowest BCUT2D eigenvalue weighted by Crippen LogP contribution is -2.49. The number of halogens is 1. The Labute approximate surface area is 141 Å². The molecular weight excluding hydrogens is 316 g/mol. The fourth-order valence-corrected chi connectivity index (χ4v) is 5.32. The monoisotopic (exact) mass is 340 g/mol. The second-order valence-corrected chi connectivity index (χ2v) is 8.55. The first-order valence-corrected chi connectivity index (χ1v) is 9.56. The van der Waals surface area contributed by atoms with Crippen LogP contribution in [0.4, 0.5) is 0 Å². The van der Waals surface area contributed by atoms with Crippen LogP contribution in [0.15, 0.2) is 12.1 Å². The topological polar surface area (TPSA) is 46.3 Å². The van der Waals surface area contributed by atoms with Crippen LogP contribution in [0.25, 0.3) is 0 Å². The van der Waals surface area contributed by atoms with E-state index in [1.807, 2.05) is 17.0 Å². The Morgan fingerprint density at radius 1 is 1.36 bits per heavy atom. The highest BCUT2D eigenvalue weighted by atomic mass is 35.5. The summed E-state index contributed by atoms with van der Waals surface area (Å²) in [6.45, 7) is 3.50. The predicted molar refractivity (Wildman–Crippen MR) is 92.0 cm³/mol. The smallest absolute Gasteiger partial charge is 0.226 e. The molecule has 2 atom stereocenters. The highest BCUT2D eigenvalue weighted by molar-refractivity contribution is 7.16. The molecule has 2 aliphatic carbocycles. The van der Waals surface area contributed by atoms with Crippen LogP contribution in [0.2, 0.25) is 4.34 Å². The van der Waals surface area contributed by atoms with E-state index in [1.54, 1.807) is 11.3 Å². The summed E-state index contributed by atoms with van der Waals surface area (Å²) in [5.41, 5.74) is 6.34. The second-order valence-electron chi connectivity index (χ2n) is 6.75. The van der Waals surface area contributed by atoms with Gasteiger partial charge in [0, 0.05) is 23.4 Å². The third kappa shape index (κ3) is 3.34.